The molecule has 3 rings (SSSR count). The highest BCUT2D eigenvalue weighted by Gasteiger charge is 2.19. The van der Waals surface area contributed by atoms with Gasteiger partial charge in [0, 0.05) is 12.6 Å². The van der Waals surface area contributed by atoms with Crippen molar-refractivity contribution in [1.82, 2.24) is 5.32 Å². The first-order valence-electron chi connectivity index (χ1n) is 6.68. The third-order valence-electron chi connectivity index (χ3n) is 3.42. The number of rotatable bonds is 4. The van der Waals surface area contributed by atoms with Crippen LogP contribution in [0.25, 0.3) is 11.1 Å². The molecule has 0 unspecified atom stereocenters. The molecule has 0 spiro atoms. The molecule has 0 aliphatic heterocycles. The Labute approximate surface area is 113 Å². The standard InChI is InChI=1S/C17H16N2/c18-11-13-3-1-5-15(9-13)16-6-2-4-14(10-16)12-19-17-7-8-17/h1-6,9-10,17,19H,7-8,12H2. The van der Waals surface area contributed by atoms with Gasteiger partial charge >= 0.3 is 0 Å². The highest BCUT2D eigenvalue weighted by Crippen LogP contribution is 2.23. The van der Waals surface area contributed by atoms with Gasteiger partial charge in [0.05, 0.1) is 11.6 Å². The van der Waals surface area contributed by atoms with Crippen LogP contribution in [0.1, 0.15) is 24.0 Å². The normalized spacial score (nSPS) is 14.1. The first-order valence-corrected chi connectivity index (χ1v) is 6.68. The molecular formula is C17H16N2. The Hall–Kier alpha value is -2.11. The van der Waals surface area contributed by atoms with E-state index in [2.05, 4.69) is 35.7 Å². The lowest BCUT2D eigenvalue weighted by molar-refractivity contribution is 0.688. The Morgan fingerprint density at radius 3 is 2.53 bits per heavy atom. The molecule has 0 atom stereocenters. The van der Waals surface area contributed by atoms with E-state index >= 15 is 0 Å². The van der Waals surface area contributed by atoms with Crippen LogP contribution in [0.15, 0.2) is 48.5 Å². The fraction of sp³-hybridized carbons (Fsp3) is 0.235. The molecule has 0 amide bonds. The van der Waals surface area contributed by atoms with Crippen molar-refractivity contribution in [3.8, 4) is 17.2 Å². The number of nitrogens with zero attached hydrogens (tertiary/aromatic N) is 1. The fourth-order valence-electron chi connectivity index (χ4n) is 2.18. The second-order valence-corrected chi connectivity index (χ2v) is 5.05. The zero-order valence-electron chi connectivity index (χ0n) is 10.8. The summed E-state index contributed by atoms with van der Waals surface area (Å²) in [6.07, 6.45) is 2.62. The summed E-state index contributed by atoms with van der Waals surface area (Å²) >= 11 is 0. The van der Waals surface area contributed by atoms with Gasteiger partial charge in [-0.3, -0.25) is 0 Å². The highest BCUT2D eigenvalue weighted by atomic mass is 14.9. The van der Waals surface area contributed by atoms with Crippen molar-refractivity contribution in [1.29, 1.82) is 5.26 Å². The van der Waals surface area contributed by atoms with E-state index < -0.39 is 0 Å². The smallest absolute Gasteiger partial charge is 0.0991 e. The summed E-state index contributed by atoms with van der Waals surface area (Å²) in [6, 6.07) is 19.2. The van der Waals surface area contributed by atoms with Crippen LogP contribution >= 0.6 is 0 Å². The summed E-state index contributed by atoms with van der Waals surface area (Å²) in [5.41, 5.74) is 4.28. The number of nitrogens with one attached hydrogen (secondary N) is 1. The minimum atomic E-state index is 0.707. The Kier molecular flexibility index (Phi) is 3.31. The molecule has 0 aromatic heterocycles. The zero-order chi connectivity index (χ0) is 13.1. The van der Waals surface area contributed by atoms with Crippen molar-refractivity contribution in [2.75, 3.05) is 0 Å². The molecule has 2 nitrogen and oxygen atoms in total. The molecule has 1 aliphatic carbocycles. The van der Waals surface area contributed by atoms with E-state index in [1.165, 1.54) is 24.0 Å². The van der Waals surface area contributed by atoms with Crippen molar-refractivity contribution in [3.05, 3.63) is 59.7 Å². The van der Waals surface area contributed by atoms with Crippen molar-refractivity contribution in [2.45, 2.75) is 25.4 Å². The highest BCUT2D eigenvalue weighted by molar-refractivity contribution is 5.65. The second-order valence-electron chi connectivity index (χ2n) is 5.05. The lowest BCUT2D eigenvalue weighted by Crippen LogP contribution is -2.15. The molecule has 0 bridgehead atoms. The number of benzene rings is 2. The fourth-order valence-corrected chi connectivity index (χ4v) is 2.18. The monoisotopic (exact) mass is 248 g/mol. The molecular weight excluding hydrogens is 232 g/mol. The predicted octanol–water partition coefficient (Wildman–Crippen LogP) is 3.48. The molecule has 0 heterocycles. The largest absolute Gasteiger partial charge is 0.310 e. The third-order valence-corrected chi connectivity index (χ3v) is 3.42. The second kappa shape index (κ2) is 5.26. The van der Waals surface area contributed by atoms with E-state index in [-0.39, 0.29) is 0 Å². The van der Waals surface area contributed by atoms with Gasteiger partial charge in [-0.25, -0.2) is 0 Å². The van der Waals surface area contributed by atoms with Gasteiger partial charge in [-0.05, 0) is 47.7 Å². The minimum absolute atomic E-state index is 0.707. The maximum absolute atomic E-state index is 8.96. The van der Waals surface area contributed by atoms with Crippen LogP contribution < -0.4 is 5.32 Å². The molecule has 1 saturated carbocycles. The first kappa shape index (κ1) is 12.0. The molecule has 1 N–H and O–H groups in total. The van der Waals surface area contributed by atoms with Crippen LogP contribution in [0, 0.1) is 11.3 Å². The Bertz CT molecular complexity index is 621. The van der Waals surface area contributed by atoms with Crippen molar-refractivity contribution in [2.24, 2.45) is 0 Å². The minimum Gasteiger partial charge on any atom is -0.310 e. The van der Waals surface area contributed by atoms with E-state index in [4.69, 9.17) is 5.26 Å². The molecule has 19 heavy (non-hydrogen) atoms. The molecule has 2 aromatic carbocycles. The average Bonchev–Trinajstić information content (AvgIpc) is 3.30. The molecule has 2 heteroatoms. The topological polar surface area (TPSA) is 35.8 Å². The summed E-state index contributed by atoms with van der Waals surface area (Å²) in [6.45, 7) is 0.927. The molecule has 1 aliphatic rings. The van der Waals surface area contributed by atoms with Gasteiger partial charge in [0.1, 0.15) is 0 Å². The quantitative estimate of drug-likeness (QED) is 0.899. The van der Waals surface area contributed by atoms with Gasteiger partial charge < -0.3 is 5.32 Å². The molecule has 94 valence electrons. The van der Waals surface area contributed by atoms with E-state index in [0.717, 1.165) is 18.2 Å². The SMILES string of the molecule is N#Cc1cccc(-c2cccc(CNC3CC3)c2)c1. The lowest BCUT2D eigenvalue weighted by Gasteiger charge is -2.07. The Morgan fingerprint density at radius 2 is 1.79 bits per heavy atom. The number of hydrogen-bond donors (Lipinski definition) is 1. The molecule has 0 radical (unpaired) electrons. The third kappa shape index (κ3) is 3.01. The maximum Gasteiger partial charge on any atom is 0.0991 e. The van der Waals surface area contributed by atoms with Gasteiger partial charge in [-0.1, -0.05) is 30.3 Å². The predicted molar refractivity (Wildman–Crippen MR) is 76.5 cm³/mol. The van der Waals surface area contributed by atoms with Gasteiger partial charge in [0.15, 0.2) is 0 Å². The first-order chi connectivity index (χ1) is 9.35. The summed E-state index contributed by atoms with van der Waals surface area (Å²) in [5, 5.41) is 12.5. The van der Waals surface area contributed by atoms with Crippen molar-refractivity contribution in [3.63, 3.8) is 0 Å². The van der Waals surface area contributed by atoms with Crippen LogP contribution in [0.2, 0.25) is 0 Å². The van der Waals surface area contributed by atoms with E-state index in [1.807, 2.05) is 24.3 Å². The summed E-state index contributed by atoms with van der Waals surface area (Å²) in [7, 11) is 0. The van der Waals surface area contributed by atoms with E-state index in [0.29, 0.717) is 5.56 Å². The van der Waals surface area contributed by atoms with E-state index in [9.17, 15) is 0 Å². The van der Waals surface area contributed by atoms with Gasteiger partial charge in [-0.15, -0.1) is 0 Å². The van der Waals surface area contributed by atoms with Crippen molar-refractivity contribution >= 4 is 0 Å². The average molecular weight is 248 g/mol. The number of nitriles is 1. The lowest BCUT2D eigenvalue weighted by atomic mass is 10.0. The Balaban J connectivity index is 1.82. The number of hydrogen-bond acceptors (Lipinski definition) is 2. The maximum atomic E-state index is 8.96. The summed E-state index contributed by atoms with van der Waals surface area (Å²) < 4.78 is 0. The summed E-state index contributed by atoms with van der Waals surface area (Å²) in [5.74, 6) is 0. The molecule has 0 saturated heterocycles. The van der Waals surface area contributed by atoms with Crippen LogP contribution in [0.4, 0.5) is 0 Å². The van der Waals surface area contributed by atoms with Crippen molar-refractivity contribution < 1.29 is 0 Å². The van der Waals surface area contributed by atoms with Gasteiger partial charge in [-0.2, -0.15) is 5.26 Å². The van der Waals surface area contributed by atoms with Gasteiger partial charge in [0.25, 0.3) is 0 Å². The van der Waals surface area contributed by atoms with Crippen LogP contribution in [-0.2, 0) is 6.54 Å². The zero-order valence-corrected chi connectivity index (χ0v) is 10.8. The van der Waals surface area contributed by atoms with E-state index in [1.54, 1.807) is 0 Å². The van der Waals surface area contributed by atoms with Gasteiger partial charge in [0.2, 0.25) is 0 Å². The molecule has 2 aromatic rings. The summed E-state index contributed by atoms with van der Waals surface area (Å²) in [4.78, 5) is 0. The Morgan fingerprint density at radius 1 is 1.05 bits per heavy atom. The molecule has 1 fully saturated rings. The van der Waals surface area contributed by atoms with Crippen LogP contribution in [-0.4, -0.2) is 6.04 Å². The van der Waals surface area contributed by atoms with Crippen LogP contribution in [0.3, 0.4) is 0 Å². The van der Waals surface area contributed by atoms with Crippen LogP contribution in [0.5, 0.6) is 0 Å².